The molecule has 0 radical (unpaired) electrons. The lowest BCUT2D eigenvalue weighted by Gasteiger charge is -2.46. The van der Waals surface area contributed by atoms with Gasteiger partial charge in [0.2, 0.25) is 11.8 Å². The van der Waals surface area contributed by atoms with Crippen molar-refractivity contribution in [2.75, 3.05) is 26.3 Å². The first-order chi connectivity index (χ1) is 12.7. The average Bonchev–Trinajstić information content (AvgIpc) is 2.66. The second-order valence-corrected chi connectivity index (χ2v) is 7.66. The van der Waals surface area contributed by atoms with E-state index in [2.05, 4.69) is 33.0 Å². The third-order valence-corrected chi connectivity index (χ3v) is 5.82. The van der Waals surface area contributed by atoms with Gasteiger partial charge in [-0.1, -0.05) is 30.3 Å². The largest absolute Gasteiger partial charge is 0.470 e. The van der Waals surface area contributed by atoms with Crippen LogP contribution < -0.4 is 4.74 Å². The Balaban J connectivity index is 1.46. The average molecular weight is 417 g/mol. The molecule has 0 spiro atoms. The first kappa shape index (κ1) is 17.5. The lowest BCUT2D eigenvalue weighted by molar-refractivity contribution is -0.150. The van der Waals surface area contributed by atoms with Crippen molar-refractivity contribution in [3.05, 3.63) is 58.7 Å². The Labute approximate surface area is 161 Å². The Morgan fingerprint density at radius 1 is 1.15 bits per heavy atom. The molecule has 6 heteroatoms. The van der Waals surface area contributed by atoms with Crippen molar-refractivity contribution in [1.29, 1.82) is 0 Å². The number of aromatic nitrogens is 1. The van der Waals surface area contributed by atoms with E-state index in [1.807, 2.05) is 35.2 Å². The van der Waals surface area contributed by atoms with Gasteiger partial charge in [0, 0.05) is 19.4 Å². The molecule has 136 valence electrons. The number of pyridine rings is 1. The summed E-state index contributed by atoms with van der Waals surface area (Å²) in [6.07, 6.45) is 3.14. The van der Waals surface area contributed by atoms with Gasteiger partial charge in [0.25, 0.3) is 0 Å². The molecule has 2 saturated heterocycles. The minimum absolute atomic E-state index is 0.0159. The van der Waals surface area contributed by atoms with E-state index in [4.69, 9.17) is 9.47 Å². The number of nitrogens with zero attached hydrogens (tertiary/aromatic N) is 2. The maximum absolute atomic E-state index is 13.4. The predicted octanol–water partition coefficient (Wildman–Crippen LogP) is 3.18. The summed E-state index contributed by atoms with van der Waals surface area (Å²) in [4.78, 5) is 19.5. The van der Waals surface area contributed by atoms with Crippen LogP contribution in [-0.4, -0.2) is 48.2 Å². The fourth-order valence-corrected chi connectivity index (χ4v) is 4.05. The maximum atomic E-state index is 13.4. The van der Waals surface area contributed by atoms with Gasteiger partial charge < -0.3 is 14.4 Å². The third-order valence-electron chi connectivity index (χ3n) is 5.22. The van der Waals surface area contributed by atoms with Gasteiger partial charge in [-0.15, -0.1) is 0 Å². The zero-order valence-corrected chi connectivity index (χ0v) is 16.0. The molecule has 2 fully saturated rings. The number of likely N-dealkylation sites (tertiary alicyclic amines) is 1. The second-order valence-electron chi connectivity index (χ2n) is 6.80. The van der Waals surface area contributed by atoms with Crippen molar-refractivity contribution >= 4 is 21.8 Å². The summed E-state index contributed by atoms with van der Waals surface area (Å²) in [6.45, 7) is 2.43. The van der Waals surface area contributed by atoms with Crippen molar-refractivity contribution in [2.45, 2.75) is 24.4 Å². The maximum Gasteiger partial charge on any atom is 0.233 e. The second kappa shape index (κ2) is 7.37. The molecule has 0 unspecified atom stereocenters. The van der Waals surface area contributed by atoms with Crippen LogP contribution in [0.25, 0.3) is 0 Å². The Hall–Kier alpha value is -1.92. The molecule has 5 nitrogen and oxygen atoms in total. The SMILES string of the molecule is O=C(N1CC(Oc2ncccc2Br)C1)C1(c2ccccc2)CCOCC1. The summed E-state index contributed by atoms with van der Waals surface area (Å²) in [5.41, 5.74) is 0.612. The van der Waals surface area contributed by atoms with Crippen LogP contribution in [-0.2, 0) is 14.9 Å². The van der Waals surface area contributed by atoms with Gasteiger partial charge in [-0.3, -0.25) is 4.79 Å². The van der Waals surface area contributed by atoms with E-state index < -0.39 is 5.41 Å². The van der Waals surface area contributed by atoms with Gasteiger partial charge in [-0.25, -0.2) is 4.98 Å². The standard InChI is InChI=1S/C20H21BrN2O3/c21-17-7-4-10-22-18(17)26-16-13-23(14-16)19(24)20(8-11-25-12-9-20)15-5-2-1-3-6-15/h1-7,10,16H,8-9,11-14H2. The van der Waals surface area contributed by atoms with Gasteiger partial charge in [-0.2, -0.15) is 0 Å². The highest BCUT2D eigenvalue weighted by atomic mass is 79.9. The number of halogens is 1. The van der Waals surface area contributed by atoms with Crippen LogP contribution >= 0.6 is 15.9 Å². The van der Waals surface area contributed by atoms with Gasteiger partial charge in [0.05, 0.1) is 23.0 Å². The Morgan fingerprint density at radius 3 is 2.58 bits per heavy atom. The molecule has 0 N–H and O–H groups in total. The Bertz CT molecular complexity index is 772. The smallest absolute Gasteiger partial charge is 0.233 e. The van der Waals surface area contributed by atoms with E-state index >= 15 is 0 Å². The van der Waals surface area contributed by atoms with Gasteiger partial charge in [0.1, 0.15) is 6.10 Å². The van der Waals surface area contributed by atoms with Crippen molar-refractivity contribution in [3.63, 3.8) is 0 Å². The number of hydrogen-bond donors (Lipinski definition) is 0. The number of carbonyl (C=O) groups excluding carboxylic acids is 1. The predicted molar refractivity (Wildman–Crippen MR) is 101 cm³/mol. The lowest BCUT2D eigenvalue weighted by Crippen LogP contribution is -2.61. The van der Waals surface area contributed by atoms with E-state index in [0.29, 0.717) is 32.2 Å². The van der Waals surface area contributed by atoms with Crippen molar-refractivity contribution < 1.29 is 14.3 Å². The first-order valence-corrected chi connectivity index (χ1v) is 9.68. The minimum Gasteiger partial charge on any atom is -0.470 e. The zero-order valence-electron chi connectivity index (χ0n) is 14.4. The van der Waals surface area contributed by atoms with Gasteiger partial charge in [0.15, 0.2) is 0 Å². The van der Waals surface area contributed by atoms with Crippen LogP contribution in [0.1, 0.15) is 18.4 Å². The fourth-order valence-electron chi connectivity index (χ4n) is 3.70. The Kier molecular flexibility index (Phi) is 4.96. The summed E-state index contributed by atoms with van der Waals surface area (Å²) in [5.74, 6) is 0.764. The van der Waals surface area contributed by atoms with Crippen LogP contribution in [0, 0.1) is 0 Å². The van der Waals surface area contributed by atoms with Crippen LogP contribution in [0.2, 0.25) is 0 Å². The Morgan fingerprint density at radius 2 is 1.88 bits per heavy atom. The molecular weight excluding hydrogens is 396 g/mol. The summed E-state index contributed by atoms with van der Waals surface area (Å²) >= 11 is 3.44. The van der Waals surface area contributed by atoms with E-state index in [1.54, 1.807) is 6.20 Å². The molecular formula is C20H21BrN2O3. The molecule has 1 aromatic carbocycles. The number of carbonyl (C=O) groups is 1. The van der Waals surface area contributed by atoms with Crippen LogP contribution in [0.5, 0.6) is 5.88 Å². The normalized spacial score (nSPS) is 19.7. The quantitative estimate of drug-likeness (QED) is 0.767. The summed E-state index contributed by atoms with van der Waals surface area (Å²) in [7, 11) is 0. The van der Waals surface area contributed by atoms with Gasteiger partial charge >= 0.3 is 0 Å². The van der Waals surface area contributed by atoms with Gasteiger partial charge in [-0.05, 0) is 46.5 Å². The third kappa shape index (κ3) is 3.23. The highest BCUT2D eigenvalue weighted by molar-refractivity contribution is 9.10. The molecule has 2 aliphatic rings. The number of amides is 1. The molecule has 4 rings (SSSR count). The van der Waals surface area contributed by atoms with Crippen LogP contribution in [0.4, 0.5) is 0 Å². The summed E-state index contributed by atoms with van der Waals surface area (Å²) in [6, 6.07) is 13.8. The summed E-state index contributed by atoms with van der Waals surface area (Å²) < 4.78 is 12.3. The number of hydrogen-bond acceptors (Lipinski definition) is 4. The zero-order chi connectivity index (χ0) is 18.0. The van der Waals surface area contributed by atoms with E-state index in [-0.39, 0.29) is 12.0 Å². The van der Waals surface area contributed by atoms with Crippen molar-refractivity contribution in [3.8, 4) is 5.88 Å². The topological polar surface area (TPSA) is 51.7 Å². The highest BCUT2D eigenvalue weighted by Crippen LogP contribution is 2.38. The van der Waals surface area contributed by atoms with Crippen molar-refractivity contribution in [1.82, 2.24) is 9.88 Å². The molecule has 3 heterocycles. The molecule has 0 saturated carbocycles. The highest BCUT2D eigenvalue weighted by Gasteiger charge is 2.47. The van der Waals surface area contributed by atoms with E-state index in [0.717, 1.165) is 22.9 Å². The molecule has 2 aliphatic heterocycles. The lowest BCUT2D eigenvalue weighted by atomic mass is 9.72. The first-order valence-electron chi connectivity index (χ1n) is 8.89. The monoisotopic (exact) mass is 416 g/mol. The van der Waals surface area contributed by atoms with Crippen molar-refractivity contribution in [2.24, 2.45) is 0 Å². The van der Waals surface area contributed by atoms with Crippen LogP contribution in [0.15, 0.2) is 53.1 Å². The van der Waals surface area contributed by atoms with E-state index in [9.17, 15) is 4.79 Å². The number of ether oxygens (including phenoxy) is 2. The molecule has 2 aromatic rings. The molecule has 0 bridgehead atoms. The fraction of sp³-hybridized carbons (Fsp3) is 0.400. The molecule has 26 heavy (non-hydrogen) atoms. The molecule has 1 aromatic heterocycles. The number of benzene rings is 1. The van der Waals surface area contributed by atoms with E-state index in [1.165, 1.54) is 0 Å². The number of rotatable bonds is 4. The van der Waals surface area contributed by atoms with Crippen LogP contribution in [0.3, 0.4) is 0 Å². The minimum atomic E-state index is -0.476. The molecule has 1 amide bonds. The molecule has 0 atom stereocenters. The summed E-state index contributed by atoms with van der Waals surface area (Å²) in [5, 5.41) is 0. The molecule has 0 aliphatic carbocycles.